The van der Waals surface area contributed by atoms with Gasteiger partial charge >= 0.3 is 0 Å². The molecule has 0 heterocycles. The summed E-state index contributed by atoms with van der Waals surface area (Å²) in [6.45, 7) is 0. The van der Waals surface area contributed by atoms with E-state index in [1.807, 2.05) is 0 Å². The summed E-state index contributed by atoms with van der Waals surface area (Å²) in [5.74, 6) is -0.336. The number of hydrogen-bond donors (Lipinski definition) is 1. The van der Waals surface area contributed by atoms with Crippen molar-refractivity contribution < 1.29 is 9.59 Å². The Morgan fingerprint density at radius 2 is 2.33 bits per heavy atom. The van der Waals surface area contributed by atoms with Crippen LogP contribution in [0.15, 0.2) is 0 Å². The van der Waals surface area contributed by atoms with Crippen LogP contribution in [0.3, 0.4) is 0 Å². The van der Waals surface area contributed by atoms with Gasteiger partial charge in [0.05, 0.1) is 0 Å². The number of carbonyl (C=O) groups is 2. The van der Waals surface area contributed by atoms with E-state index in [4.69, 9.17) is 5.73 Å². The number of primary amides is 1. The quantitative estimate of drug-likeness (QED) is 0.532. The first-order valence-electron chi connectivity index (χ1n) is 3.01. The van der Waals surface area contributed by atoms with Gasteiger partial charge in [-0.15, -0.1) is 0 Å². The van der Waals surface area contributed by atoms with Crippen molar-refractivity contribution >= 4 is 11.7 Å². The molecule has 1 unspecified atom stereocenters. The fourth-order valence-electron chi connectivity index (χ4n) is 1.06. The lowest BCUT2D eigenvalue weighted by atomic mass is 10.1. The zero-order chi connectivity index (χ0) is 6.85. The Bertz CT molecular complexity index is 153. The van der Waals surface area contributed by atoms with Crippen molar-refractivity contribution in [3.8, 4) is 0 Å². The van der Waals surface area contributed by atoms with Crippen molar-refractivity contribution in [2.24, 2.45) is 11.7 Å². The van der Waals surface area contributed by atoms with Crippen molar-refractivity contribution in [3.05, 3.63) is 0 Å². The van der Waals surface area contributed by atoms with E-state index in [9.17, 15) is 9.59 Å². The highest BCUT2D eigenvalue weighted by Crippen LogP contribution is 2.20. The number of hydrogen-bond acceptors (Lipinski definition) is 2. The topological polar surface area (TPSA) is 60.2 Å². The van der Waals surface area contributed by atoms with E-state index in [1.165, 1.54) is 0 Å². The molecule has 1 rings (SSSR count). The summed E-state index contributed by atoms with van der Waals surface area (Å²) in [7, 11) is 0. The number of nitrogens with two attached hydrogens (primary N) is 1. The van der Waals surface area contributed by atoms with Crippen LogP contribution in [0, 0.1) is 5.92 Å². The monoisotopic (exact) mass is 127 g/mol. The van der Waals surface area contributed by atoms with Crippen LogP contribution in [0.25, 0.3) is 0 Å². The molecule has 1 aliphatic rings. The molecule has 1 atom stereocenters. The van der Waals surface area contributed by atoms with Gasteiger partial charge in [0, 0.05) is 18.8 Å². The van der Waals surface area contributed by atoms with Gasteiger partial charge < -0.3 is 5.73 Å². The van der Waals surface area contributed by atoms with Crippen molar-refractivity contribution in [3.63, 3.8) is 0 Å². The van der Waals surface area contributed by atoms with Gasteiger partial charge in [-0.1, -0.05) is 0 Å². The molecule has 0 aromatic heterocycles. The molecule has 0 aliphatic heterocycles. The smallest absolute Gasteiger partial charge is 0.220 e. The van der Waals surface area contributed by atoms with Crippen LogP contribution < -0.4 is 5.73 Å². The summed E-state index contributed by atoms with van der Waals surface area (Å²) in [6.07, 6.45) is 1.57. The van der Waals surface area contributed by atoms with Crippen molar-refractivity contribution in [2.45, 2.75) is 19.3 Å². The van der Waals surface area contributed by atoms with E-state index in [-0.39, 0.29) is 17.6 Å². The Labute approximate surface area is 53.2 Å². The second-order valence-corrected chi connectivity index (χ2v) is 2.38. The Morgan fingerprint density at radius 3 is 2.56 bits per heavy atom. The molecule has 50 valence electrons. The maximum Gasteiger partial charge on any atom is 0.220 e. The van der Waals surface area contributed by atoms with Crippen LogP contribution in [-0.2, 0) is 9.59 Å². The van der Waals surface area contributed by atoms with Crippen LogP contribution in [0.2, 0.25) is 0 Å². The Morgan fingerprint density at radius 1 is 1.67 bits per heavy atom. The Balaban J connectivity index is 2.48. The number of carbonyl (C=O) groups excluding carboxylic acids is 2. The van der Waals surface area contributed by atoms with Crippen molar-refractivity contribution in [2.75, 3.05) is 0 Å². The normalized spacial score (nSPS) is 26.7. The highest BCUT2D eigenvalue weighted by atomic mass is 16.1. The molecule has 0 spiro atoms. The first-order valence-corrected chi connectivity index (χ1v) is 3.01. The molecule has 3 nitrogen and oxygen atoms in total. The number of amides is 1. The largest absolute Gasteiger partial charge is 0.369 e. The minimum Gasteiger partial charge on any atom is -0.369 e. The molecular weight excluding hydrogens is 118 g/mol. The standard InChI is InChI=1S/C6H9NO2/c7-6(9)4-1-2-5(8)3-4/h4H,1-3H2,(H2,7,9). The van der Waals surface area contributed by atoms with Crippen molar-refractivity contribution in [1.29, 1.82) is 0 Å². The minimum atomic E-state index is -0.333. The average Bonchev–Trinajstić information content (AvgIpc) is 2.14. The van der Waals surface area contributed by atoms with Gasteiger partial charge in [0.25, 0.3) is 0 Å². The molecule has 1 aliphatic carbocycles. The molecule has 0 radical (unpaired) electrons. The molecule has 9 heavy (non-hydrogen) atoms. The molecule has 0 saturated heterocycles. The van der Waals surface area contributed by atoms with Gasteiger partial charge in [0.2, 0.25) is 5.91 Å². The maximum absolute atomic E-state index is 10.6. The summed E-state index contributed by atoms with van der Waals surface area (Å²) < 4.78 is 0. The third-order valence-corrected chi connectivity index (χ3v) is 1.65. The van der Waals surface area contributed by atoms with Crippen LogP contribution in [-0.4, -0.2) is 11.7 Å². The summed E-state index contributed by atoms with van der Waals surface area (Å²) in [6, 6.07) is 0. The summed E-state index contributed by atoms with van der Waals surface area (Å²) in [5.41, 5.74) is 4.97. The summed E-state index contributed by atoms with van der Waals surface area (Å²) in [4.78, 5) is 21.0. The highest BCUT2D eigenvalue weighted by Gasteiger charge is 2.25. The predicted octanol–water partition coefficient (Wildman–Crippen LogP) is -0.159. The van der Waals surface area contributed by atoms with Crippen LogP contribution in [0.5, 0.6) is 0 Å². The first-order chi connectivity index (χ1) is 4.20. The molecule has 2 N–H and O–H groups in total. The lowest BCUT2D eigenvalue weighted by Crippen LogP contribution is -2.20. The molecule has 1 saturated carbocycles. The van der Waals surface area contributed by atoms with Gasteiger partial charge in [-0.25, -0.2) is 0 Å². The van der Waals surface area contributed by atoms with Crippen LogP contribution in [0.1, 0.15) is 19.3 Å². The third kappa shape index (κ3) is 1.28. The molecular formula is C6H9NO2. The molecule has 0 aromatic rings. The third-order valence-electron chi connectivity index (χ3n) is 1.65. The first kappa shape index (κ1) is 6.26. The summed E-state index contributed by atoms with van der Waals surface area (Å²) >= 11 is 0. The maximum atomic E-state index is 10.6. The SMILES string of the molecule is NC(=O)C1CCC(=O)C1. The highest BCUT2D eigenvalue weighted by molar-refractivity contribution is 5.89. The average molecular weight is 127 g/mol. The van der Waals surface area contributed by atoms with Crippen LogP contribution >= 0.6 is 0 Å². The van der Waals surface area contributed by atoms with E-state index in [2.05, 4.69) is 0 Å². The summed E-state index contributed by atoms with van der Waals surface area (Å²) in [5, 5.41) is 0. The van der Waals surface area contributed by atoms with Gasteiger partial charge in [-0.3, -0.25) is 9.59 Å². The lowest BCUT2D eigenvalue weighted by molar-refractivity contribution is -0.124. The van der Waals surface area contributed by atoms with E-state index >= 15 is 0 Å². The Kier molecular flexibility index (Phi) is 1.51. The van der Waals surface area contributed by atoms with Gasteiger partial charge in [-0.05, 0) is 6.42 Å². The number of Topliss-reactive ketones (excluding diaryl/α,β-unsaturated/α-hetero) is 1. The molecule has 1 amide bonds. The number of rotatable bonds is 1. The lowest BCUT2D eigenvalue weighted by Gasteiger charge is -1.97. The van der Waals surface area contributed by atoms with Gasteiger partial charge in [0.1, 0.15) is 5.78 Å². The van der Waals surface area contributed by atoms with Gasteiger partial charge in [-0.2, -0.15) is 0 Å². The second-order valence-electron chi connectivity index (χ2n) is 2.38. The molecule has 0 bridgehead atoms. The van der Waals surface area contributed by atoms with Gasteiger partial charge in [0.15, 0.2) is 0 Å². The van der Waals surface area contributed by atoms with E-state index in [0.717, 1.165) is 0 Å². The Hall–Kier alpha value is -0.860. The fraction of sp³-hybridized carbons (Fsp3) is 0.667. The molecule has 1 fully saturated rings. The zero-order valence-corrected chi connectivity index (χ0v) is 5.09. The zero-order valence-electron chi connectivity index (χ0n) is 5.09. The molecule has 3 heteroatoms. The second kappa shape index (κ2) is 2.17. The van der Waals surface area contributed by atoms with Crippen LogP contribution in [0.4, 0.5) is 0 Å². The van der Waals surface area contributed by atoms with E-state index in [1.54, 1.807) is 0 Å². The predicted molar refractivity (Wildman–Crippen MR) is 31.5 cm³/mol. The molecule has 0 aromatic carbocycles. The number of ketones is 1. The fourth-order valence-corrected chi connectivity index (χ4v) is 1.06. The van der Waals surface area contributed by atoms with Crippen molar-refractivity contribution in [1.82, 2.24) is 0 Å². The van der Waals surface area contributed by atoms with E-state index < -0.39 is 0 Å². The van der Waals surface area contributed by atoms with E-state index in [0.29, 0.717) is 19.3 Å². The minimum absolute atomic E-state index is 0.166.